The van der Waals surface area contributed by atoms with Crippen molar-refractivity contribution in [3.63, 3.8) is 0 Å². The van der Waals surface area contributed by atoms with Crippen LogP contribution in [-0.2, 0) is 0 Å². The molecule has 0 spiro atoms. The zero-order valence-electron chi connectivity index (χ0n) is 50.0. The average molecular weight is 1500 g/mol. The van der Waals surface area contributed by atoms with Gasteiger partial charge in [-0.3, -0.25) is 29.0 Å². The van der Waals surface area contributed by atoms with Gasteiger partial charge >= 0.3 is 152 Å². The number of carbonyl (C=O) groups excluding carboxylic acids is 4. The number of amides is 4. The third-order valence-electron chi connectivity index (χ3n) is 16.4. The summed E-state index contributed by atoms with van der Waals surface area (Å²) in [6.45, 7) is 13.6. The molecule has 79 heavy (non-hydrogen) atoms. The molecule has 0 aliphatic carbocycles. The molecular formula is C65H100Br2N2O4S4Sn2. The minimum absolute atomic E-state index is 0. The SMILES string of the molecule is C.CCCCCCCCC(CCCCCCCC)N1C(=O)c2c(Br)sc(-c3sc(Br)c4c3C(=O)N(C(CCCCCCCC)CCCCCCCC)C4=O)c2C1=O.Cc1c2c[c]([Sn]([CH3])([CH3])[CH3])sc2c(C)c2c[c]([Sn]([CH3])([CH3])[CH3])sc12. The van der Waals surface area contributed by atoms with E-state index in [1.807, 2.05) is 0 Å². The topological polar surface area (TPSA) is 74.8 Å². The number of aryl methyl sites for hydroxylation is 2. The summed E-state index contributed by atoms with van der Waals surface area (Å²) >= 11 is 10.3. The molecule has 0 fully saturated rings. The van der Waals surface area contributed by atoms with Gasteiger partial charge in [0, 0.05) is 12.1 Å². The summed E-state index contributed by atoms with van der Waals surface area (Å²) in [4.78, 5) is 77.2. The van der Waals surface area contributed by atoms with Crippen LogP contribution in [-0.4, -0.2) is 82.3 Å². The Labute approximate surface area is 520 Å². The van der Waals surface area contributed by atoms with Crippen LogP contribution in [0.1, 0.15) is 267 Å². The number of hydrogen-bond acceptors (Lipinski definition) is 8. The Hall–Kier alpha value is -0.623. The Morgan fingerprint density at radius 2 is 0.658 bits per heavy atom. The number of thiophene rings is 4. The van der Waals surface area contributed by atoms with Crippen molar-refractivity contribution in [3.05, 3.63) is 53.1 Å². The predicted octanol–water partition coefficient (Wildman–Crippen LogP) is 22.4. The van der Waals surface area contributed by atoms with Crippen LogP contribution in [0.5, 0.6) is 0 Å². The summed E-state index contributed by atoms with van der Waals surface area (Å²) in [7, 11) is 0. The summed E-state index contributed by atoms with van der Waals surface area (Å²) in [6, 6.07) is 4.79. The molecule has 7 rings (SSSR count). The Balaban J connectivity index is 0.000000413. The molecule has 0 atom stereocenters. The molecule has 0 N–H and O–H groups in total. The van der Waals surface area contributed by atoms with Gasteiger partial charge in [-0.05, 0) is 57.5 Å². The van der Waals surface area contributed by atoms with Gasteiger partial charge in [0.25, 0.3) is 23.6 Å². The molecule has 0 unspecified atom stereocenters. The first kappa shape index (κ1) is 69.2. The summed E-state index contributed by atoms with van der Waals surface area (Å²) in [6.07, 6.45) is 31.2. The van der Waals surface area contributed by atoms with Crippen LogP contribution in [0.3, 0.4) is 0 Å². The van der Waals surface area contributed by atoms with E-state index < -0.39 is 36.8 Å². The molecule has 4 amide bonds. The van der Waals surface area contributed by atoms with Crippen molar-refractivity contribution >= 4 is 164 Å². The van der Waals surface area contributed by atoms with Gasteiger partial charge in [-0.1, -0.05) is 189 Å². The number of halogens is 2. The van der Waals surface area contributed by atoms with Crippen LogP contribution in [0.15, 0.2) is 19.7 Å². The maximum atomic E-state index is 14.6. The predicted molar refractivity (Wildman–Crippen MR) is 363 cm³/mol. The number of nitrogens with zero attached hydrogens (tertiary/aromatic N) is 2. The Morgan fingerprint density at radius 1 is 0.405 bits per heavy atom. The fourth-order valence-electron chi connectivity index (χ4n) is 11.6. The Morgan fingerprint density at radius 3 is 0.924 bits per heavy atom. The van der Waals surface area contributed by atoms with Gasteiger partial charge in [-0.15, -0.1) is 22.7 Å². The van der Waals surface area contributed by atoms with Gasteiger partial charge in [-0.25, -0.2) is 0 Å². The molecule has 14 heteroatoms. The van der Waals surface area contributed by atoms with Crippen molar-refractivity contribution in [3.8, 4) is 9.75 Å². The maximum absolute atomic E-state index is 14.6. The number of imide groups is 2. The zero-order chi connectivity index (χ0) is 56.9. The summed E-state index contributed by atoms with van der Waals surface area (Å²) in [5.74, 6) is -0.953. The van der Waals surface area contributed by atoms with Crippen LogP contribution < -0.4 is 5.79 Å². The average Bonchev–Trinajstić information content (AvgIpc) is 4.41. The van der Waals surface area contributed by atoms with Crippen molar-refractivity contribution in [2.24, 2.45) is 0 Å². The molecule has 2 aliphatic heterocycles. The van der Waals surface area contributed by atoms with Crippen molar-refractivity contribution in [1.29, 1.82) is 0 Å². The molecule has 0 saturated heterocycles. The molecule has 1 aromatic carbocycles. The molecule has 6 heterocycles. The normalized spacial score (nSPS) is 13.8. The summed E-state index contributed by atoms with van der Waals surface area (Å²) in [5, 5.41) is 3.07. The first-order valence-corrected chi connectivity index (χ1v) is 55.4. The first-order chi connectivity index (χ1) is 37.2. The third kappa shape index (κ3) is 17.3. The van der Waals surface area contributed by atoms with Gasteiger partial charge < -0.3 is 0 Å². The molecule has 0 saturated carbocycles. The van der Waals surface area contributed by atoms with Crippen molar-refractivity contribution in [2.75, 3.05) is 0 Å². The van der Waals surface area contributed by atoms with E-state index in [0.717, 1.165) is 77.0 Å². The van der Waals surface area contributed by atoms with Crippen LogP contribution in [0.25, 0.3) is 29.9 Å². The van der Waals surface area contributed by atoms with Crippen molar-refractivity contribution in [1.82, 2.24) is 9.80 Å². The second-order valence-electron chi connectivity index (χ2n) is 24.9. The van der Waals surface area contributed by atoms with E-state index in [9.17, 15) is 19.2 Å². The van der Waals surface area contributed by atoms with Gasteiger partial charge in [-0.2, -0.15) is 0 Å². The number of hydrogen-bond donors (Lipinski definition) is 0. The molecule has 5 aromatic rings. The quantitative estimate of drug-likeness (QED) is 0.0238. The fraction of sp³-hybridized carbons (Fsp3) is 0.662. The molecule has 0 bridgehead atoms. The zero-order valence-corrected chi connectivity index (χ0v) is 62.2. The second kappa shape index (κ2) is 32.8. The summed E-state index contributed by atoms with van der Waals surface area (Å²) < 4.78 is 7.78. The number of fused-ring (bicyclic) bond motifs is 4. The van der Waals surface area contributed by atoms with E-state index in [1.165, 1.54) is 147 Å². The van der Waals surface area contributed by atoms with Crippen LogP contribution >= 0.6 is 77.2 Å². The van der Waals surface area contributed by atoms with E-state index >= 15 is 0 Å². The van der Waals surface area contributed by atoms with E-state index in [1.54, 1.807) is 25.0 Å². The number of unbranched alkanes of at least 4 members (excludes halogenated alkanes) is 20. The molecular weight excluding hydrogens is 1400 g/mol. The number of benzene rings is 1. The van der Waals surface area contributed by atoms with Crippen LogP contribution in [0.4, 0.5) is 0 Å². The van der Waals surface area contributed by atoms with E-state index in [-0.39, 0.29) is 43.1 Å². The van der Waals surface area contributed by atoms with Gasteiger partial charge in [0.1, 0.15) is 0 Å². The fourth-order valence-corrected chi connectivity index (χ4v) is 28.3. The van der Waals surface area contributed by atoms with E-state index in [4.69, 9.17) is 0 Å². The molecule has 2 aliphatic rings. The Kier molecular flexibility index (Phi) is 28.7. The van der Waals surface area contributed by atoms with Crippen molar-refractivity contribution in [2.45, 2.75) is 270 Å². The third-order valence-corrected chi connectivity index (χ3v) is 41.6. The molecule has 4 aromatic heterocycles. The van der Waals surface area contributed by atoms with Gasteiger partial charge in [0.2, 0.25) is 0 Å². The number of rotatable bonds is 33. The monoisotopic (exact) mass is 1500 g/mol. The standard InChI is InChI=1S/C46H70Br2N2O4S2.C12H8S2.CH4.6CH3.2Sn/c1-5-9-13-17-21-25-29-33(30-26-22-18-14-10-6-2)49-43(51)35-37(45(49)53)41(47)55-39(35)40-36-38(42(48)56-40)46(54)50(44(36)52)34(31-27-23-19-15-11-7-3)32-28-24-20-16-12-8-4;1-7-9-3-5-14-12(9)8(2)10-4-6-13-11(7)10;;;;;;;;;/h33-34H,5-32H2,1-4H3;3-4H,1-2H3;1H4;6*1H3;;. The minimum atomic E-state index is -1.98. The molecule has 6 nitrogen and oxygen atoms in total. The first-order valence-electron chi connectivity index (χ1n) is 30.6. The second-order valence-corrected chi connectivity index (χ2v) is 62.5. The molecule has 440 valence electrons. The molecule has 0 radical (unpaired) electrons. The summed E-state index contributed by atoms with van der Waals surface area (Å²) in [5.41, 5.74) is 4.69. The number of carbonyl (C=O) groups is 4. The van der Waals surface area contributed by atoms with E-state index in [0.29, 0.717) is 39.6 Å². The Bertz CT molecular complexity index is 2540. The van der Waals surface area contributed by atoms with Gasteiger partial charge in [0.15, 0.2) is 0 Å². The van der Waals surface area contributed by atoms with Gasteiger partial charge in [0.05, 0.1) is 39.6 Å². The van der Waals surface area contributed by atoms with Crippen LogP contribution in [0, 0.1) is 13.8 Å². The van der Waals surface area contributed by atoms with E-state index in [2.05, 4.69) is 138 Å². The van der Waals surface area contributed by atoms with Crippen LogP contribution in [0.2, 0.25) is 29.6 Å². The van der Waals surface area contributed by atoms with Crippen molar-refractivity contribution < 1.29 is 19.2 Å².